The summed E-state index contributed by atoms with van der Waals surface area (Å²) in [6.45, 7) is 6.81. The molecule has 8 heteroatoms. The van der Waals surface area contributed by atoms with Gasteiger partial charge >= 0.3 is 0 Å². The molecule has 0 saturated heterocycles. The summed E-state index contributed by atoms with van der Waals surface area (Å²) in [7, 11) is -3.15. The number of hydrogen-bond acceptors (Lipinski definition) is 4. The Labute approximate surface area is 197 Å². The van der Waals surface area contributed by atoms with Gasteiger partial charge in [-0.25, -0.2) is 8.42 Å². The number of ether oxygens (including phenoxy) is 1. The molecule has 166 valence electrons. The summed E-state index contributed by atoms with van der Waals surface area (Å²) in [5.41, 5.74) is 2.23. The fourth-order valence-corrected chi connectivity index (χ4v) is 3.50. The Morgan fingerprint density at radius 2 is 1.70 bits per heavy atom. The first kappa shape index (κ1) is 26.2. The van der Waals surface area contributed by atoms with Gasteiger partial charge in [0.1, 0.15) is 5.75 Å². The average Bonchev–Trinajstić information content (AvgIpc) is 2.69. The van der Waals surface area contributed by atoms with Gasteiger partial charge in [0.25, 0.3) is 0 Å². The highest BCUT2D eigenvalue weighted by atomic mass is 127. The zero-order valence-electron chi connectivity index (χ0n) is 17.8. The highest BCUT2D eigenvalue weighted by Crippen LogP contribution is 2.18. The third kappa shape index (κ3) is 8.91. The highest BCUT2D eigenvalue weighted by Gasteiger charge is 2.06. The lowest BCUT2D eigenvalue weighted by Crippen LogP contribution is -2.38. The molecule has 0 unspecified atom stereocenters. The van der Waals surface area contributed by atoms with E-state index < -0.39 is 9.84 Å². The molecule has 2 aromatic carbocycles. The van der Waals surface area contributed by atoms with E-state index in [1.165, 1.54) is 6.26 Å². The summed E-state index contributed by atoms with van der Waals surface area (Å²) in [6.07, 6.45) is 2.80. The van der Waals surface area contributed by atoms with Gasteiger partial charge in [-0.15, -0.1) is 24.0 Å². The van der Waals surface area contributed by atoms with Crippen LogP contribution in [0.5, 0.6) is 5.75 Å². The van der Waals surface area contributed by atoms with Crippen molar-refractivity contribution in [2.45, 2.75) is 31.6 Å². The Balaban J connectivity index is 0.00000450. The Hall–Kier alpha value is -1.81. The van der Waals surface area contributed by atoms with Crippen LogP contribution in [0.3, 0.4) is 0 Å². The van der Waals surface area contributed by atoms with Crippen LogP contribution in [0.2, 0.25) is 0 Å². The quantitative estimate of drug-likeness (QED) is 0.272. The minimum absolute atomic E-state index is 0. The first-order valence-corrected chi connectivity index (χ1v) is 11.8. The zero-order chi connectivity index (χ0) is 21.1. The molecule has 30 heavy (non-hydrogen) atoms. The third-order valence-corrected chi connectivity index (χ3v) is 5.45. The Morgan fingerprint density at radius 1 is 1.00 bits per heavy atom. The summed E-state index contributed by atoms with van der Waals surface area (Å²) < 4.78 is 28.7. The molecule has 2 N–H and O–H groups in total. The number of rotatable bonds is 10. The van der Waals surface area contributed by atoms with E-state index in [1.807, 2.05) is 44.2 Å². The molecular weight excluding hydrogens is 513 g/mol. The second-order valence-electron chi connectivity index (χ2n) is 6.64. The average molecular weight is 545 g/mol. The Morgan fingerprint density at radius 3 is 2.33 bits per heavy atom. The van der Waals surface area contributed by atoms with Crippen LogP contribution < -0.4 is 15.4 Å². The molecule has 2 rings (SSSR count). The van der Waals surface area contributed by atoms with Crippen molar-refractivity contribution in [2.75, 3.05) is 32.5 Å². The van der Waals surface area contributed by atoms with Crippen LogP contribution >= 0.6 is 24.0 Å². The fraction of sp³-hybridized carbons (Fsp3) is 0.409. The van der Waals surface area contributed by atoms with Crippen LogP contribution in [-0.4, -0.2) is 46.9 Å². The van der Waals surface area contributed by atoms with Crippen molar-refractivity contribution in [1.82, 2.24) is 10.6 Å². The van der Waals surface area contributed by atoms with Crippen molar-refractivity contribution in [1.29, 1.82) is 0 Å². The zero-order valence-corrected chi connectivity index (χ0v) is 21.0. The molecule has 0 amide bonds. The number of benzene rings is 2. The van der Waals surface area contributed by atoms with E-state index in [2.05, 4.69) is 21.7 Å². The number of guanidine groups is 1. The van der Waals surface area contributed by atoms with Crippen molar-refractivity contribution >= 4 is 39.8 Å². The fourth-order valence-electron chi connectivity index (χ4n) is 2.87. The number of para-hydroxylation sites is 1. The molecule has 0 aromatic heterocycles. The van der Waals surface area contributed by atoms with Gasteiger partial charge in [-0.05, 0) is 56.0 Å². The maximum Gasteiger partial charge on any atom is 0.191 e. The summed E-state index contributed by atoms with van der Waals surface area (Å²) in [4.78, 5) is 4.99. The van der Waals surface area contributed by atoms with Crippen LogP contribution in [0.1, 0.15) is 25.0 Å². The molecule has 0 atom stereocenters. The van der Waals surface area contributed by atoms with E-state index in [4.69, 9.17) is 4.74 Å². The monoisotopic (exact) mass is 545 g/mol. The molecule has 6 nitrogen and oxygen atoms in total. The standard InChI is InChI=1S/C22H31N3O3S.HI/c1-4-23-22(25-17-15-19-8-6-7-9-21(19)28-5-2)24-16-14-18-10-12-20(13-11-18)29(3,26)27;/h6-13H,4-5,14-17H2,1-3H3,(H2,23,24,25);1H. The summed E-state index contributed by atoms with van der Waals surface area (Å²) in [5, 5.41) is 6.58. The molecule has 0 aliphatic heterocycles. The number of nitrogens with zero attached hydrogens (tertiary/aromatic N) is 1. The lowest BCUT2D eigenvalue weighted by molar-refractivity contribution is 0.336. The van der Waals surface area contributed by atoms with Gasteiger partial charge in [0.15, 0.2) is 15.8 Å². The van der Waals surface area contributed by atoms with E-state index in [0.717, 1.165) is 42.2 Å². The SMILES string of the molecule is CCNC(=NCCc1ccccc1OCC)NCCc1ccc(S(C)(=O)=O)cc1.I. The van der Waals surface area contributed by atoms with Gasteiger partial charge < -0.3 is 15.4 Å². The molecule has 0 fully saturated rings. The number of halogens is 1. The third-order valence-electron chi connectivity index (χ3n) is 4.33. The van der Waals surface area contributed by atoms with Crippen LogP contribution in [0.15, 0.2) is 58.4 Å². The molecule has 0 aliphatic rings. The van der Waals surface area contributed by atoms with Gasteiger partial charge in [0.2, 0.25) is 0 Å². The van der Waals surface area contributed by atoms with E-state index in [-0.39, 0.29) is 24.0 Å². The lowest BCUT2D eigenvalue weighted by Gasteiger charge is -2.12. The summed E-state index contributed by atoms with van der Waals surface area (Å²) >= 11 is 0. The number of aliphatic imine (C=N–C) groups is 1. The van der Waals surface area contributed by atoms with Crippen molar-refractivity contribution in [3.63, 3.8) is 0 Å². The van der Waals surface area contributed by atoms with Crippen molar-refractivity contribution < 1.29 is 13.2 Å². The van der Waals surface area contributed by atoms with Crippen molar-refractivity contribution in [3.8, 4) is 5.75 Å². The molecule has 0 spiro atoms. The van der Waals surface area contributed by atoms with Crippen LogP contribution in [0.4, 0.5) is 0 Å². The topological polar surface area (TPSA) is 79.8 Å². The van der Waals surface area contributed by atoms with E-state index >= 15 is 0 Å². The molecule has 0 aliphatic carbocycles. The van der Waals surface area contributed by atoms with E-state index in [9.17, 15) is 8.42 Å². The first-order chi connectivity index (χ1) is 13.9. The molecule has 0 radical (unpaired) electrons. The Bertz CT molecular complexity index is 900. The van der Waals surface area contributed by atoms with E-state index in [1.54, 1.807) is 12.1 Å². The van der Waals surface area contributed by atoms with Crippen LogP contribution in [0, 0.1) is 0 Å². The van der Waals surface area contributed by atoms with Gasteiger partial charge in [-0.3, -0.25) is 4.99 Å². The second kappa shape index (κ2) is 13.5. The second-order valence-corrected chi connectivity index (χ2v) is 8.66. The maximum absolute atomic E-state index is 11.5. The summed E-state index contributed by atoms with van der Waals surface area (Å²) in [6, 6.07) is 15.1. The normalized spacial score (nSPS) is 11.5. The Kier molecular flexibility index (Phi) is 11.8. The van der Waals surface area contributed by atoms with Gasteiger partial charge in [-0.1, -0.05) is 30.3 Å². The first-order valence-electron chi connectivity index (χ1n) is 9.96. The van der Waals surface area contributed by atoms with Gasteiger partial charge in [-0.2, -0.15) is 0 Å². The van der Waals surface area contributed by atoms with Gasteiger partial charge in [0, 0.05) is 25.9 Å². The summed E-state index contributed by atoms with van der Waals surface area (Å²) in [5.74, 6) is 1.69. The van der Waals surface area contributed by atoms with Gasteiger partial charge in [0.05, 0.1) is 11.5 Å². The molecule has 2 aromatic rings. The van der Waals surface area contributed by atoms with Crippen LogP contribution in [0.25, 0.3) is 0 Å². The van der Waals surface area contributed by atoms with Crippen LogP contribution in [-0.2, 0) is 22.7 Å². The maximum atomic E-state index is 11.5. The molecule has 0 bridgehead atoms. The lowest BCUT2D eigenvalue weighted by atomic mass is 10.1. The predicted octanol–water partition coefficient (Wildman–Crippen LogP) is 3.45. The smallest absolute Gasteiger partial charge is 0.191 e. The molecular formula is C22H32IN3O3S. The molecule has 0 saturated carbocycles. The van der Waals surface area contributed by atoms with Crippen molar-refractivity contribution in [3.05, 3.63) is 59.7 Å². The van der Waals surface area contributed by atoms with Crippen molar-refractivity contribution in [2.24, 2.45) is 4.99 Å². The molecule has 0 heterocycles. The number of hydrogen-bond donors (Lipinski definition) is 2. The highest BCUT2D eigenvalue weighted by molar-refractivity contribution is 14.0. The minimum atomic E-state index is -3.15. The largest absolute Gasteiger partial charge is 0.494 e. The minimum Gasteiger partial charge on any atom is -0.494 e. The number of nitrogens with one attached hydrogen (secondary N) is 2. The predicted molar refractivity (Wildman–Crippen MR) is 134 cm³/mol. The number of sulfone groups is 1. The van der Waals surface area contributed by atoms with E-state index in [0.29, 0.717) is 24.6 Å².